The Bertz CT molecular complexity index is 426. The first kappa shape index (κ1) is 16.2. The van der Waals surface area contributed by atoms with Gasteiger partial charge in [-0.05, 0) is 18.4 Å². The summed E-state index contributed by atoms with van der Waals surface area (Å²) in [4.78, 5) is 0. The lowest BCUT2D eigenvalue weighted by atomic mass is 10.1. The lowest BCUT2D eigenvalue weighted by Gasteiger charge is -2.04. The summed E-state index contributed by atoms with van der Waals surface area (Å²) in [7, 11) is -2.97. The van der Waals surface area contributed by atoms with Crippen molar-refractivity contribution in [3.8, 4) is 0 Å². The highest BCUT2D eigenvalue weighted by molar-refractivity contribution is 7.90. The lowest BCUT2D eigenvalue weighted by molar-refractivity contribution is 0.282. The first-order valence-corrected chi connectivity index (χ1v) is 8.81. The molecular weight excluding hydrogens is 260 g/mol. The third-order valence-corrected chi connectivity index (χ3v) is 4.78. The molecule has 1 N–H and O–H groups in total. The highest BCUT2D eigenvalue weighted by Crippen LogP contribution is 2.10. The summed E-state index contributed by atoms with van der Waals surface area (Å²) < 4.78 is 23.8. The Morgan fingerprint density at radius 2 is 1.42 bits per heavy atom. The number of benzene rings is 1. The fourth-order valence-electron chi connectivity index (χ4n) is 2.04. The molecule has 1 aromatic carbocycles. The second-order valence-corrected chi connectivity index (χ2v) is 7.11. The van der Waals surface area contributed by atoms with E-state index in [2.05, 4.69) is 0 Å². The largest absolute Gasteiger partial charge is 0.396 e. The molecule has 19 heavy (non-hydrogen) atoms. The maximum atomic E-state index is 11.9. The van der Waals surface area contributed by atoms with E-state index in [1.165, 1.54) is 0 Å². The number of hydrogen-bond acceptors (Lipinski definition) is 3. The van der Waals surface area contributed by atoms with Gasteiger partial charge in [0.1, 0.15) is 0 Å². The van der Waals surface area contributed by atoms with E-state index in [4.69, 9.17) is 5.11 Å². The highest BCUT2D eigenvalue weighted by atomic mass is 32.2. The molecule has 0 fully saturated rings. The van der Waals surface area contributed by atoms with Gasteiger partial charge in [0.15, 0.2) is 9.84 Å². The van der Waals surface area contributed by atoms with E-state index in [-0.39, 0.29) is 18.1 Å². The average molecular weight is 284 g/mol. The Morgan fingerprint density at radius 3 is 2.05 bits per heavy atom. The van der Waals surface area contributed by atoms with Crippen LogP contribution in [-0.4, -0.2) is 25.9 Å². The monoisotopic (exact) mass is 284 g/mol. The number of unbranched alkanes of at least 4 members (excludes halogenated alkanes) is 5. The van der Waals surface area contributed by atoms with Crippen molar-refractivity contribution in [2.45, 2.75) is 44.3 Å². The number of aliphatic hydroxyl groups is 1. The van der Waals surface area contributed by atoms with Gasteiger partial charge in [0.25, 0.3) is 0 Å². The van der Waals surface area contributed by atoms with Crippen LogP contribution >= 0.6 is 0 Å². The van der Waals surface area contributed by atoms with E-state index in [1.807, 2.05) is 30.3 Å². The van der Waals surface area contributed by atoms with Crippen molar-refractivity contribution in [1.29, 1.82) is 0 Å². The highest BCUT2D eigenvalue weighted by Gasteiger charge is 2.11. The number of aliphatic hydroxyl groups excluding tert-OH is 1. The van der Waals surface area contributed by atoms with Crippen molar-refractivity contribution in [3.05, 3.63) is 35.9 Å². The maximum Gasteiger partial charge on any atom is 0.154 e. The zero-order valence-corrected chi connectivity index (χ0v) is 12.2. The Balaban J connectivity index is 2.17. The van der Waals surface area contributed by atoms with Gasteiger partial charge in [-0.2, -0.15) is 0 Å². The average Bonchev–Trinajstić information content (AvgIpc) is 2.38. The van der Waals surface area contributed by atoms with Crippen LogP contribution in [0.5, 0.6) is 0 Å². The molecule has 0 heterocycles. The summed E-state index contributed by atoms with van der Waals surface area (Å²) in [6.07, 6.45) is 5.73. The third-order valence-electron chi connectivity index (χ3n) is 3.09. The molecule has 0 amide bonds. The Kier molecular flexibility index (Phi) is 7.75. The molecule has 0 spiro atoms. The lowest BCUT2D eigenvalue weighted by Crippen LogP contribution is -2.09. The first-order valence-electron chi connectivity index (χ1n) is 6.99. The summed E-state index contributed by atoms with van der Waals surface area (Å²) >= 11 is 0. The molecule has 0 saturated heterocycles. The second kappa shape index (κ2) is 9.10. The van der Waals surface area contributed by atoms with Crippen LogP contribution in [0.25, 0.3) is 0 Å². The van der Waals surface area contributed by atoms with Gasteiger partial charge in [-0.3, -0.25) is 0 Å². The number of rotatable bonds is 10. The smallest absolute Gasteiger partial charge is 0.154 e. The molecule has 1 rings (SSSR count). The molecule has 0 unspecified atom stereocenters. The van der Waals surface area contributed by atoms with Gasteiger partial charge >= 0.3 is 0 Å². The van der Waals surface area contributed by atoms with Crippen LogP contribution in [0.1, 0.15) is 44.1 Å². The van der Waals surface area contributed by atoms with Gasteiger partial charge < -0.3 is 5.11 Å². The minimum atomic E-state index is -2.97. The van der Waals surface area contributed by atoms with Crippen LogP contribution in [0, 0.1) is 0 Å². The fourth-order valence-corrected chi connectivity index (χ4v) is 3.53. The quantitative estimate of drug-likeness (QED) is 0.672. The minimum absolute atomic E-state index is 0.151. The van der Waals surface area contributed by atoms with Gasteiger partial charge in [-0.1, -0.05) is 56.0 Å². The molecule has 0 aliphatic heterocycles. The SMILES string of the molecule is O=S(=O)(CCCCCCCCO)Cc1ccccc1. The molecule has 0 radical (unpaired) electrons. The van der Waals surface area contributed by atoms with Crippen LogP contribution in [0.2, 0.25) is 0 Å². The number of hydrogen-bond donors (Lipinski definition) is 1. The van der Waals surface area contributed by atoms with Crippen LogP contribution in [0.4, 0.5) is 0 Å². The second-order valence-electron chi connectivity index (χ2n) is 4.92. The van der Waals surface area contributed by atoms with Crippen molar-refractivity contribution in [2.24, 2.45) is 0 Å². The zero-order valence-electron chi connectivity index (χ0n) is 11.4. The Hall–Kier alpha value is -0.870. The summed E-state index contributed by atoms with van der Waals surface area (Å²) in [5, 5.41) is 8.64. The van der Waals surface area contributed by atoms with Crippen molar-refractivity contribution in [1.82, 2.24) is 0 Å². The van der Waals surface area contributed by atoms with E-state index in [1.54, 1.807) is 0 Å². The molecule has 0 aliphatic carbocycles. The molecule has 0 saturated carbocycles. The van der Waals surface area contributed by atoms with Crippen LogP contribution in [0.3, 0.4) is 0 Å². The van der Waals surface area contributed by atoms with Crippen molar-refractivity contribution in [2.75, 3.05) is 12.4 Å². The number of sulfone groups is 1. The Morgan fingerprint density at radius 1 is 0.842 bits per heavy atom. The van der Waals surface area contributed by atoms with Gasteiger partial charge in [-0.25, -0.2) is 8.42 Å². The normalized spacial score (nSPS) is 11.6. The summed E-state index contributed by atoms with van der Waals surface area (Å²) in [5.41, 5.74) is 0.866. The van der Waals surface area contributed by atoms with E-state index < -0.39 is 9.84 Å². The molecule has 108 valence electrons. The van der Waals surface area contributed by atoms with Gasteiger partial charge in [0.2, 0.25) is 0 Å². The molecule has 1 aromatic rings. The summed E-state index contributed by atoms with van der Waals surface area (Å²) in [6, 6.07) is 9.33. The standard InChI is InChI=1S/C15H24O3S/c16-12-8-3-1-2-4-9-13-19(17,18)14-15-10-6-5-7-11-15/h5-7,10-11,16H,1-4,8-9,12-14H2. The molecule has 0 aliphatic rings. The molecule has 4 heteroatoms. The van der Waals surface area contributed by atoms with E-state index in [9.17, 15) is 8.42 Å². The van der Waals surface area contributed by atoms with Crippen molar-refractivity contribution < 1.29 is 13.5 Å². The fraction of sp³-hybridized carbons (Fsp3) is 0.600. The summed E-state index contributed by atoms with van der Waals surface area (Å²) in [5.74, 6) is 0.431. The van der Waals surface area contributed by atoms with Gasteiger partial charge in [-0.15, -0.1) is 0 Å². The topological polar surface area (TPSA) is 54.4 Å². The van der Waals surface area contributed by atoms with Crippen molar-refractivity contribution >= 4 is 9.84 Å². The minimum Gasteiger partial charge on any atom is -0.396 e. The third kappa shape index (κ3) is 8.01. The predicted octanol–water partition coefficient (Wildman–Crippen LogP) is 2.93. The zero-order chi connectivity index (χ0) is 14.0. The molecule has 0 atom stereocenters. The maximum absolute atomic E-state index is 11.9. The van der Waals surface area contributed by atoms with Crippen LogP contribution < -0.4 is 0 Å². The molecule has 3 nitrogen and oxygen atoms in total. The van der Waals surface area contributed by atoms with E-state index in [0.29, 0.717) is 0 Å². The van der Waals surface area contributed by atoms with Crippen LogP contribution in [-0.2, 0) is 15.6 Å². The van der Waals surface area contributed by atoms with Crippen LogP contribution in [0.15, 0.2) is 30.3 Å². The predicted molar refractivity (Wildman–Crippen MR) is 78.7 cm³/mol. The molecule has 0 aromatic heterocycles. The van der Waals surface area contributed by atoms with E-state index >= 15 is 0 Å². The first-order chi connectivity index (χ1) is 9.14. The summed E-state index contributed by atoms with van der Waals surface area (Å²) in [6.45, 7) is 0.255. The van der Waals surface area contributed by atoms with Gasteiger partial charge in [0.05, 0.1) is 11.5 Å². The molecular formula is C15H24O3S. The van der Waals surface area contributed by atoms with Gasteiger partial charge in [0, 0.05) is 6.61 Å². The molecule has 0 bridgehead atoms. The Labute approximate surface area is 116 Å². The van der Waals surface area contributed by atoms with Crippen molar-refractivity contribution in [3.63, 3.8) is 0 Å². The van der Waals surface area contributed by atoms with E-state index in [0.717, 1.165) is 44.1 Å².